The Balaban J connectivity index is 1.71. The first kappa shape index (κ1) is 24.4. The number of allylic oxidation sites excluding steroid dienone is 1. The van der Waals surface area contributed by atoms with E-state index in [0.29, 0.717) is 40.4 Å². The van der Waals surface area contributed by atoms with Crippen molar-refractivity contribution in [3.05, 3.63) is 60.6 Å². The third kappa shape index (κ3) is 6.86. The number of carbonyl (C=O) groups is 1. The van der Waals surface area contributed by atoms with Gasteiger partial charge in [0.05, 0.1) is 12.6 Å². The molecule has 0 aliphatic heterocycles. The molecule has 0 bridgehead atoms. The fourth-order valence-electron chi connectivity index (χ4n) is 3.09. The number of aromatic nitrogens is 1. The SMILES string of the molecule is CNc1ccc(Oc2ccnc3cc(OC/C=C/CCCSC(C)=O)c(OC)cc23)c(F)c1. The van der Waals surface area contributed by atoms with Crippen LogP contribution in [-0.2, 0) is 4.79 Å². The summed E-state index contributed by atoms with van der Waals surface area (Å²) < 4.78 is 31.6. The molecule has 0 atom stereocenters. The van der Waals surface area contributed by atoms with Gasteiger partial charge in [-0.2, -0.15) is 0 Å². The third-order valence-corrected chi connectivity index (χ3v) is 5.65. The Bertz CT molecular complexity index is 1140. The second-order valence-corrected chi connectivity index (χ2v) is 8.36. The van der Waals surface area contributed by atoms with Crippen molar-refractivity contribution in [3.63, 3.8) is 0 Å². The van der Waals surface area contributed by atoms with Gasteiger partial charge in [0.15, 0.2) is 28.2 Å². The molecule has 0 unspecified atom stereocenters. The van der Waals surface area contributed by atoms with Crippen LogP contribution in [-0.4, -0.2) is 36.6 Å². The van der Waals surface area contributed by atoms with Gasteiger partial charge in [-0.1, -0.05) is 23.9 Å². The van der Waals surface area contributed by atoms with Crippen molar-refractivity contribution in [1.82, 2.24) is 4.98 Å². The molecule has 0 saturated carbocycles. The monoisotopic (exact) mass is 470 g/mol. The topological polar surface area (TPSA) is 69.7 Å². The Labute approximate surface area is 197 Å². The fourth-order valence-corrected chi connectivity index (χ4v) is 3.69. The minimum absolute atomic E-state index is 0.118. The molecule has 0 spiro atoms. The summed E-state index contributed by atoms with van der Waals surface area (Å²) >= 11 is 1.34. The second-order valence-electron chi connectivity index (χ2n) is 7.09. The fraction of sp³-hybridized carbons (Fsp3) is 0.280. The van der Waals surface area contributed by atoms with Gasteiger partial charge in [-0.05, 0) is 37.1 Å². The maximum Gasteiger partial charge on any atom is 0.185 e. The second kappa shape index (κ2) is 12.1. The number of nitrogens with zero attached hydrogens (tertiary/aromatic N) is 1. The number of fused-ring (bicyclic) bond motifs is 1. The number of nitrogens with one attached hydrogen (secondary N) is 1. The van der Waals surface area contributed by atoms with Crippen LogP contribution in [0.1, 0.15) is 19.8 Å². The number of unbranched alkanes of at least 4 members (excludes halogenated alkanes) is 1. The van der Waals surface area contributed by atoms with Crippen molar-refractivity contribution in [2.45, 2.75) is 19.8 Å². The lowest BCUT2D eigenvalue weighted by Crippen LogP contribution is -1.98. The Morgan fingerprint density at radius 2 is 1.97 bits per heavy atom. The number of ether oxygens (including phenoxy) is 3. The van der Waals surface area contributed by atoms with E-state index in [4.69, 9.17) is 14.2 Å². The van der Waals surface area contributed by atoms with Crippen LogP contribution < -0.4 is 19.5 Å². The van der Waals surface area contributed by atoms with E-state index in [-0.39, 0.29) is 10.9 Å². The van der Waals surface area contributed by atoms with E-state index < -0.39 is 5.82 Å². The van der Waals surface area contributed by atoms with Gasteiger partial charge in [-0.3, -0.25) is 9.78 Å². The highest BCUT2D eigenvalue weighted by atomic mass is 32.2. The molecule has 0 amide bonds. The number of rotatable bonds is 11. The molecule has 0 saturated heterocycles. The summed E-state index contributed by atoms with van der Waals surface area (Å²) in [5.74, 6) is 2.01. The van der Waals surface area contributed by atoms with Crippen molar-refractivity contribution in [1.29, 1.82) is 0 Å². The molecule has 1 aromatic heterocycles. The molecular weight excluding hydrogens is 443 g/mol. The summed E-state index contributed by atoms with van der Waals surface area (Å²) in [4.78, 5) is 15.3. The molecule has 2 aromatic carbocycles. The smallest absolute Gasteiger partial charge is 0.185 e. The number of thioether (sulfide) groups is 1. The number of benzene rings is 2. The van der Waals surface area contributed by atoms with Crippen LogP contribution in [0.3, 0.4) is 0 Å². The zero-order valence-corrected chi connectivity index (χ0v) is 19.7. The van der Waals surface area contributed by atoms with Crippen LogP contribution in [0, 0.1) is 5.82 Å². The van der Waals surface area contributed by atoms with E-state index in [1.54, 1.807) is 57.6 Å². The van der Waals surface area contributed by atoms with Crippen LogP contribution in [0.15, 0.2) is 54.7 Å². The molecule has 6 nitrogen and oxygen atoms in total. The largest absolute Gasteiger partial charge is 0.493 e. The van der Waals surface area contributed by atoms with E-state index >= 15 is 0 Å². The zero-order valence-electron chi connectivity index (χ0n) is 18.9. The molecule has 1 heterocycles. The van der Waals surface area contributed by atoms with Crippen LogP contribution in [0.5, 0.6) is 23.0 Å². The summed E-state index contributed by atoms with van der Waals surface area (Å²) in [7, 11) is 3.28. The molecule has 3 aromatic rings. The van der Waals surface area contributed by atoms with Crippen molar-refractivity contribution >= 4 is 33.5 Å². The average molecular weight is 471 g/mol. The summed E-state index contributed by atoms with van der Waals surface area (Å²) in [6.07, 6.45) is 7.39. The van der Waals surface area contributed by atoms with Crippen molar-refractivity contribution < 1.29 is 23.4 Å². The average Bonchev–Trinajstić information content (AvgIpc) is 2.81. The summed E-state index contributed by atoms with van der Waals surface area (Å²) in [5, 5.41) is 3.71. The molecule has 174 valence electrons. The van der Waals surface area contributed by atoms with E-state index in [9.17, 15) is 9.18 Å². The minimum Gasteiger partial charge on any atom is -0.493 e. The van der Waals surface area contributed by atoms with Gasteiger partial charge in [0.25, 0.3) is 0 Å². The van der Waals surface area contributed by atoms with Gasteiger partial charge in [0.1, 0.15) is 12.4 Å². The molecule has 0 aliphatic rings. The third-order valence-electron chi connectivity index (χ3n) is 4.75. The number of anilines is 1. The molecule has 0 fully saturated rings. The minimum atomic E-state index is -0.467. The first-order valence-corrected chi connectivity index (χ1v) is 11.5. The number of methoxy groups -OCH3 is 1. The Morgan fingerprint density at radius 3 is 2.70 bits per heavy atom. The predicted octanol–water partition coefficient (Wildman–Crippen LogP) is 6.21. The quantitative estimate of drug-likeness (QED) is 0.264. The van der Waals surface area contributed by atoms with Crippen molar-refractivity contribution in [3.8, 4) is 23.0 Å². The van der Waals surface area contributed by atoms with Gasteiger partial charge in [0, 0.05) is 49.1 Å². The predicted molar refractivity (Wildman–Crippen MR) is 131 cm³/mol. The first-order chi connectivity index (χ1) is 16.0. The van der Waals surface area contributed by atoms with Crippen molar-refractivity contribution in [2.75, 3.05) is 31.8 Å². The molecule has 3 rings (SSSR count). The van der Waals surface area contributed by atoms with Crippen LogP contribution in [0.4, 0.5) is 10.1 Å². The van der Waals surface area contributed by atoms with Crippen LogP contribution in [0.25, 0.3) is 10.9 Å². The maximum absolute atomic E-state index is 14.4. The van der Waals surface area contributed by atoms with Gasteiger partial charge in [-0.15, -0.1) is 0 Å². The lowest BCUT2D eigenvalue weighted by atomic mass is 10.1. The highest BCUT2D eigenvalue weighted by Gasteiger charge is 2.13. The highest BCUT2D eigenvalue weighted by molar-refractivity contribution is 8.13. The van der Waals surface area contributed by atoms with E-state index in [2.05, 4.69) is 10.3 Å². The maximum atomic E-state index is 14.4. The summed E-state index contributed by atoms with van der Waals surface area (Å²) in [6, 6.07) is 9.92. The number of pyridine rings is 1. The molecule has 0 radical (unpaired) electrons. The number of halogens is 1. The summed E-state index contributed by atoms with van der Waals surface area (Å²) in [6.45, 7) is 1.95. The molecule has 8 heteroatoms. The lowest BCUT2D eigenvalue weighted by Gasteiger charge is -2.14. The number of carbonyl (C=O) groups excluding carboxylic acids is 1. The molecule has 0 aliphatic carbocycles. The van der Waals surface area contributed by atoms with Gasteiger partial charge in [0.2, 0.25) is 0 Å². The Morgan fingerprint density at radius 1 is 1.12 bits per heavy atom. The van der Waals surface area contributed by atoms with Crippen LogP contribution >= 0.6 is 11.8 Å². The highest BCUT2D eigenvalue weighted by Crippen LogP contribution is 2.37. The molecule has 1 N–H and O–H groups in total. The van der Waals surface area contributed by atoms with E-state index in [1.165, 1.54) is 17.8 Å². The Hall–Kier alpha value is -3.26. The first-order valence-electron chi connectivity index (χ1n) is 10.5. The van der Waals surface area contributed by atoms with E-state index in [0.717, 1.165) is 18.6 Å². The normalized spacial score (nSPS) is 11.0. The summed E-state index contributed by atoms with van der Waals surface area (Å²) in [5.41, 5.74) is 1.30. The molecule has 33 heavy (non-hydrogen) atoms. The van der Waals surface area contributed by atoms with E-state index in [1.807, 2.05) is 12.2 Å². The van der Waals surface area contributed by atoms with Gasteiger partial charge >= 0.3 is 0 Å². The van der Waals surface area contributed by atoms with Gasteiger partial charge < -0.3 is 19.5 Å². The lowest BCUT2D eigenvalue weighted by molar-refractivity contribution is -0.109. The Kier molecular flexibility index (Phi) is 8.95. The standard InChI is InChI=1S/C25H27FN2O4S/c1-17(29)33-13-7-5-4-6-12-31-25-16-21-19(15-24(25)30-3)22(10-11-28-21)32-23-9-8-18(27-2)14-20(23)26/h4,6,8-11,14-16,27H,5,7,12-13H2,1-3H3/b6-4+. The zero-order chi connectivity index (χ0) is 23.6. The van der Waals surface area contributed by atoms with Crippen LogP contribution in [0.2, 0.25) is 0 Å². The van der Waals surface area contributed by atoms with Gasteiger partial charge in [-0.25, -0.2) is 4.39 Å². The van der Waals surface area contributed by atoms with Crippen molar-refractivity contribution in [2.24, 2.45) is 0 Å². The number of hydrogen-bond acceptors (Lipinski definition) is 7. The molecular formula is C25H27FN2O4S. The number of hydrogen-bond donors (Lipinski definition) is 1.